The first-order valence-electron chi connectivity index (χ1n) is 7.57. The van der Waals surface area contributed by atoms with Crippen LogP contribution in [0.25, 0.3) is 0 Å². The minimum absolute atomic E-state index is 0.0898. The van der Waals surface area contributed by atoms with Crippen molar-refractivity contribution in [2.75, 3.05) is 14.2 Å². The first kappa shape index (κ1) is 18.3. The Kier molecular flexibility index (Phi) is 5.51. The summed E-state index contributed by atoms with van der Waals surface area (Å²) in [7, 11) is -0.785. The molecule has 2 aromatic rings. The molecule has 0 aliphatic heterocycles. The molecular weight excluding hydrogens is 326 g/mol. The van der Waals surface area contributed by atoms with Crippen LogP contribution in [0, 0.1) is 0 Å². The van der Waals surface area contributed by atoms with Crippen molar-refractivity contribution in [1.29, 1.82) is 0 Å². The predicted molar refractivity (Wildman–Crippen MR) is 94.1 cm³/mol. The summed E-state index contributed by atoms with van der Waals surface area (Å²) >= 11 is 0. The van der Waals surface area contributed by atoms with Crippen LogP contribution in [0.3, 0.4) is 0 Å². The van der Waals surface area contributed by atoms with Gasteiger partial charge in [0.2, 0.25) is 10.0 Å². The van der Waals surface area contributed by atoms with Gasteiger partial charge in [-0.2, -0.15) is 0 Å². The van der Waals surface area contributed by atoms with Gasteiger partial charge in [-0.15, -0.1) is 0 Å². The molecule has 0 spiro atoms. The summed E-state index contributed by atoms with van der Waals surface area (Å²) in [6.45, 7) is 3.71. The monoisotopic (exact) mass is 349 g/mol. The zero-order valence-corrected chi connectivity index (χ0v) is 15.2. The number of rotatable bonds is 7. The maximum atomic E-state index is 12.8. The SMILES string of the molecule is COc1ccc(S(=O)(=O)NC(C)(C)Cc2ccccc2)c(OC)c1. The number of nitrogens with one attached hydrogen (secondary N) is 1. The quantitative estimate of drug-likeness (QED) is 0.834. The van der Waals surface area contributed by atoms with Crippen LogP contribution in [-0.4, -0.2) is 28.2 Å². The second-order valence-electron chi connectivity index (χ2n) is 6.17. The van der Waals surface area contributed by atoms with Crippen LogP contribution in [0.4, 0.5) is 0 Å². The average Bonchev–Trinajstić information content (AvgIpc) is 2.53. The topological polar surface area (TPSA) is 64.6 Å². The zero-order valence-electron chi connectivity index (χ0n) is 14.4. The molecule has 0 unspecified atom stereocenters. The van der Waals surface area contributed by atoms with Crippen molar-refractivity contribution >= 4 is 10.0 Å². The van der Waals surface area contributed by atoms with E-state index < -0.39 is 15.6 Å². The van der Waals surface area contributed by atoms with Gasteiger partial charge in [-0.25, -0.2) is 13.1 Å². The molecule has 0 atom stereocenters. The van der Waals surface area contributed by atoms with E-state index in [1.807, 2.05) is 44.2 Å². The Bertz CT molecular complexity index is 786. The van der Waals surface area contributed by atoms with Gasteiger partial charge in [0.1, 0.15) is 16.4 Å². The number of sulfonamides is 1. The molecule has 130 valence electrons. The van der Waals surface area contributed by atoms with Crippen LogP contribution >= 0.6 is 0 Å². The lowest BCUT2D eigenvalue weighted by molar-refractivity contribution is 0.384. The standard InChI is InChI=1S/C18H23NO4S/c1-18(2,13-14-8-6-5-7-9-14)19-24(20,21)17-11-10-15(22-3)12-16(17)23-4/h5-12,19H,13H2,1-4H3. The fourth-order valence-corrected chi connectivity index (χ4v) is 4.12. The van der Waals surface area contributed by atoms with E-state index in [2.05, 4.69) is 4.72 Å². The van der Waals surface area contributed by atoms with E-state index in [9.17, 15) is 8.42 Å². The van der Waals surface area contributed by atoms with Crippen molar-refractivity contribution in [3.63, 3.8) is 0 Å². The molecule has 0 aromatic heterocycles. The van der Waals surface area contributed by atoms with E-state index in [1.165, 1.54) is 20.3 Å². The second-order valence-corrected chi connectivity index (χ2v) is 7.82. The fourth-order valence-electron chi connectivity index (χ4n) is 2.56. The van der Waals surface area contributed by atoms with Gasteiger partial charge < -0.3 is 9.47 Å². The van der Waals surface area contributed by atoms with Gasteiger partial charge in [0.15, 0.2) is 0 Å². The minimum Gasteiger partial charge on any atom is -0.497 e. The molecule has 0 saturated carbocycles. The Hall–Kier alpha value is -2.05. The molecule has 0 heterocycles. The Morgan fingerprint density at radius 3 is 2.25 bits per heavy atom. The van der Waals surface area contributed by atoms with Gasteiger partial charge in [0, 0.05) is 11.6 Å². The normalized spacial score (nSPS) is 12.0. The molecule has 2 aromatic carbocycles. The van der Waals surface area contributed by atoms with Gasteiger partial charge in [-0.05, 0) is 38.0 Å². The van der Waals surface area contributed by atoms with Crippen molar-refractivity contribution in [2.24, 2.45) is 0 Å². The highest BCUT2D eigenvalue weighted by Crippen LogP contribution is 2.29. The smallest absolute Gasteiger partial charge is 0.244 e. The molecule has 0 saturated heterocycles. The first-order chi connectivity index (χ1) is 11.3. The lowest BCUT2D eigenvalue weighted by Gasteiger charge is -2.26. The largest absolute Gasteiger partial charge is 0.497 e. The zero-order chi connectivity index (χ0) is 17.8. The van der Waals surface area contributed by atoms with Gasteiger partial charge in [0.25, 0.3) is 0 Å². The second kappa shape index (κ2) is 7.23. The van der Waals surface area contributed by atoms with E-state index in [4.69, 9.17) is 9.47 Å². The summed E-state index contributed by atoms with van der Waals surface area (Å²) in [6.07, 6.45) is 0.575. The van der Waals surface area contributed by atoms with E-state index in [-0.39, 0.29) is 10.6 Å². The Labute approximate surface area is 143 Å². The Morgan fingerprint density at radius 2 is 1.67 bits per heavy atom. The van der Waals surface area contributed by atoms with Crippen LogP contribution in [0.5, 0.6) is 11.5 Å². The third kappa shape index (κ3) is 4.49. The first-order valence-corrected chi connectivity index (χ1v) is 9.06. The molecule has 0 bridgehead atoms. The van der Waals surface area contributed by atoms with Crippen molar-refractivity contribution in [1.82, 2.24) is 4.72 Å². The molecule has 2 rings (SSSR count). The van der Waals surface area contributed by atoms with Gasteiger partial charge in [-0.3, -0.25) is 0 Å². The number of benzene rings is 2. The third-order valence-electron chi connectivity index (χ3n) is 3.56. The van der Waals surface area contributed by atoms with E-state index >= 15 is 0 Å². The van der Waals surface area contributed by atoms with Crippen molar-refractivity contribution in [2.45, 2.75) is 30.7 Å². The van der Waals surface area contributed by atoms with Gasteiger partial charge in [-0.1, -0.05) is 30.3 Å². The van der Waals surface area contributed by atoms with E-state index in [0.29, 0.717) is 12.2 Å². The summed E-state index contributed by atoms with van der Waals surface area (Å²) in [4.78, 5) is 0.0898. The summed E-state index contributed by atoms with van der Waals surface area (Å²) < 4.78 is 38.6. The minimum atomic E-state index is -3.74. The molecule has 24 heavy (non-hydrogen) atoms. The van der Waals surface area contributed by atoms with Crippen molar-refractivity contribution in [3.8, 4) is 11.5 Å². The molecule has 5 nitrogen and oxygen atoms in total. The molecule has 0 amide bonds. The number of methoxy groups -OCH3 is 2. The highest BCUT2D eigenvalue weighted by Gasteiger charge is 2.28. The van der Waals surface area contributed by atoms with Gasteiger partial charge >= 0.3 is 0 Å². The molecule has 6 heteroatoms. The van der Waals surface area contributed by atoms with Crippen LogP contribution < -0.4 is 14.2 Å². The molecule has 0 radical (unpaired) electrons. The molecule has 0 aliphatic carbocycles. The maximum Gasteiger partial charge on any atom is 0.244 e. The summed E-state index contributed by atoms with van der Waals surface area (Å²) in [5.74, 6) is 0.784. The lowest BCUT2D eigenvalue weighted by Crippen LogP contribution is -2.45. The van der Waals surface area contributed by atoms with Crippen LogP contribution in [-0.2, 0) is 16.4 Å². The summed E-state index contributed by atoms with van der Waals surface area (Å²) in [5, 5.41) is 0. The van der Waals surface area contributed by atoms with Gasteiger partial charge in [0.05, 0.1) is 14.2 Å². The summed E-state index contributed by atoms with van der Waals surface area (Å²) in [6, 6.07) is 14.4. The van der Waals surface area contributed by atoms with Crippen molar-refractivity contribution < 1.29 is 17.9 Å². The predicted octanol–water partition coefficient (Wildman–Crippen LogP) is 3.00. The van der Waals surface area contributed by atoms with Crippen molar-refractivity contribution in [3.05, 3.63) is 54.1 Å². The van der Waals surface area contributed by atoms with Crippen LogP contribution in [0.2, 0.25) is 0 Å². The Morgan fingerprint density at radius 1 is 1.00 bits per heavy atom. The van der Waals surface area contributed by atoms with Crippen LogP contribution in [0.15, 0.2) is 53.4 Å². The Balaban J connectivity index is 2.27. The molecule has 1 N–H and O–H groups in total. The summed E-state index contributed by atoms with van der Waals surface area (Å²) in [5.41, 5.74) is 0.414. The average molecular weight is 349 g/mol. The molecule has 0 fully saturated rings. The van der Waals surface area contributed by atoms with Crippen LogP contribution in [0.1, 0.15) is 19.4 Å². The molecular formula is C18H23NO4S. The fraction of sp³-hybridized carbons (Fsp3) is 0.333. The van der Waals surface area contributed by atoms with E-state index in [1.54, 1.807) is 12.1 Å². The third-order valence-corrected chi connectivity index (χ3v) is 5.30. The number of ether oxygens (including phenoxy) is 2. The maximum absolute atomic E-state index is 12.8. The number of hydrogen-bond donors (Lipinski definition) is 1. The highest BCUT2D eigenvalue weighted by atomic mass is 32.2. The lowest BCUT2D eigenvalue weighted by atomic mass is 9.96. The molecule has 0 aliphatic rings. The number of hydrogen-bond acceptors (Lipinski definition) is 4. The van der Waals surface area contributed by atoms with E-state index in [0.717, 1.165) is 5.56 Å². The highest BCUT2D eigenvalue weighted by molar-refractivity contribution is 7.89.